The van der Waals surface area contributed by atoms with Crippen molar-refractivity contribution in [3.8, 4) is 5.69 Å². The zero-order valence-corrected chi connectivity index (χ0v) is 11.7. The van der Waals surface area contributed by atoms with Gasteiger partial charge in [-0.3, -0.25) is 4.57 Å². The third-order valence-corrected chi connectivity index (χ3v) is 3.12. The monoisotopic (exact) mass is 311 g/mol. The van der Waals surface area contributed by atoms with Gasteiger partial charge < -0.3 is 5.32 Å². The second kappa shape index (κ2) is 6.00. The number of hydrogen-bond acceptors (Lipinski definition) is 2. The molecule has 0 fully saturated rings. The standard InChI is InChI=1S/C13H15BrFN3/c1-2-3-6-16-13-17-7-8-18(13)12-5-4-10(14)9-11(12)15/h4-5,7-9H,2-3,6H2,1H3,(H,16,17). The maximum atomic E-state index is 13.9. The SMILES string of the molecule is CCCCNc1nccn1-c1ccc(Br)cc1F. The number of anilines is 1. The average molecular weight is 312 g/mol. The van der Waals surface area contributed by atoms with Crippen molar-refractivity contribution in [1.82, 2.24) is 9.55 Å². The quantitative estimate of drug-likeness (QED) is 0.846. The number of hydrogen-bond donors (Lipinski definition) is 1. The highest BCUT2D eigenvalue weighted by Crippen LogP contribution is 2.21. The molecule has 0 radical (unpaired) electrons. The second-order valence-corrected chi connectivity index (χ2v) is 4.91. The largest absolute Gasteiger partial charge is 0.355 e. The van der Waals surface area contributed by atoms with Gasteiger partial charge >= 0.3 is 0 Å². The first-order valence-corrected chi connectivity index (χ1v) is 6.74. The van der Waals surface area contributed by atoms with Crippen LogP contribution in [0.5, 0.6) is 0 Å². The Morgan fingerprint density at radius 1 is 1.44 bits per heavy atom. The number of nitrogens with zero attached hydrogens (tertiary/aromatic N) is 2. The fraction of sp³-hybridized carbons (Fsp3) is 0.308. The Morgan fingerprint density at radius 3 is 3.00 bits per heavy atom. The number of aromatic nitrogens is 2. The van der Waals surface area contributed by atoms with Crippen LogP contribution in [0, 0.1) is 5.82 Å². The van der Waals surface area contributed by atoms with Gasteiger partial charge in [-0.2, -0.15) is 0 Å². The minimum absolute atomic E-state index is 0.277. The van der Waals surface area contributed by atoms with E-state index in [0.29, 0.717) is 11.6 Å². The molecule has 2 aromatic rings. The van der Waals surface area contributed by atoms with Gasteiger partial charge in [-0.1, -0.05) is 29.3 Å². The summed E-state index contributed by atoms with van der Waals surface area (Å²) in [5.41, 5.74) is 0.495. The summed E-state index contributed by atoms with van der Waals surface area (Å²) >= 11 is 3.25. The molecule has 0 aliphatic carbocycles. The fourth-order valence-electron chi connectivity index (χ4n) is 1.68. The van der Waals surface area contributed by atoms with E-state index in [1.54, 1.807) is 23.0 Å². The lowest BCUT2D eigenvalue weighted by atomic mass is 10.3. The number of rotatable bonds is 5. The van der Waals surface area contributed by atoms with Crippen molar-refractivity contribution in [2.75, 3.05) is 11.9 Å². The van der Waals surface area contributed by atoms with Crippen LogP contribution < -0.4 is 5.32 Å². The van der Waals surface area contributed by atoms with Gasteiger partial charge in [0.05, 0.1) is 5.69 Å². The van der Waals surface area contributed by atoms with E-state index in [0.717, 1.165) is 23.9 Å². The molecule has 1 aromatic carbocycles. The highest BCUT2D eigenvalue weighted by atomic mass is 79.9. The predicted octanol–water partition coefficient (Wildman–Crippen LogP) is 3.99. The Kier molecular flexibility index (Phi) is 4.36. The Balaban J connectivity index is 2.25. The third-order valence-electron chi connectivity index (χ3n) is 2.62. The van der Waals surface area contributed by atoms with E-state index in [9.17, 15) is 4.39 Å². The molecule has 96 valence electrons. The van der Waals surface area contributed by atoms with Crippen LogP contribution in [0.25, 0.3) is 5.69 Å². The first-order valence-electron chi connectivity index (χ1n) is 5.95. The molecule has 0 saturated carbocycles. The highest BCUT2D eigenvalue weighted by Gasteiger charge is 2.09. The number of unbranched alkanes of at least 4 members (excludes halogenated alkanes) is 1. The molecule has 0 aliphatic rings. The van der Waals surface area contributed by atoms with Crippen molar-refractivity contribution in [2.24, 2.45) is 0 Å². The lowest BCUT2D eigenvalue weighted by Gasteiger charge is -2.10. The molecule has 5 heteroatoms. The van der Waals surface area contributed by atoms with Crippen molar-refractivity contribution in [3.05, 3.63) is 40.9 Å². The lowest BCUT2D eigenvalue weighted by Crippen LogP contribution is -2.08. The van der Waals surface area contributed by atoms with Crippen LogP contribution in [-0.4, -0.2) is 16.1 Å². The number of halogens is 2. The third kappa shape index (κ3) is 2.90. The van der Waals surface area contributed by atoms with Gasteiger partial charge in [0.2, 0.25) is 5.95 Å². The van der Waals surface area contributed by atoms with E-state index in [2.05, 4.69) is 33.2 Å². The summed E-state index contributed by atoms with van der Waals surface area (Å²) in [5.74, 6) is 0.394. The van der Waals surface area contributed by atoms with Crippen LogP contribution in [0.15, 0.2) is 35.1 Å². The maximum Gasteiger partial charge on any atom is 0.207 e. The Morgan fingerprint density at radius 2 is 2.28 bits per heavy atom. The summed E-state index contributed by atoms with van der Waals surface area (Å²) in [6, 6.07) is 4.99. The van der Waals surface area contributed by atoms with E-state index < -0.39 is 0 Å². The van der Waals surface area contributed by atoms with E-state index in [1.165, 1.54) is 6.07 Å². The van der Waals surface area contributed by atoms with Crippen LogP contribution in [0.2, 0.25) is 0 Å². The fourth-order valence-corrected chi connectivity index (χ4v) is 2.02. The van der Waals surface area contributed by atoms with Crippen LogP contribution in [0.1, 0.15) is 19.8 Å². The van der Waals surface area contributed by atoms with Crippen molar-refractivity contribution in [3.63, 3.8) is 0 Å². The second-order valence-electron chi connectivity index (χ2n) is 4.00. The molecule has 0 bridgehead atoms. The molecule has 0 amide bonds. The molecule has 0 spiro atoms. The van der Waals surface area contributed by atoms with Crippen LogP contribution in [-0.2, 0) is 0 Å². The van der Waals surface area contributed by atoms with Gasteiger partial charge in [0.1, 0.15) is 5.82 Å². The number of benzene rings is 1. The van der Waals surface area contributed by atoms with Gasteiger partial charge in [0.25, 0.3) is 0 Å². The number of nitrogens with one attached hydrogen (secondary N) is 1. The summed E-state index contributed by atoms with van der Waals surface area (Å²) in [7, 11) is 0. The molecular weight excluding hydrogens is 297 g/mol. The van der Waals surface area contributed by atoms with Crippen LogP contribution >= 0.6 is 15.9 Å². The smallest absolute Gasteiger partial charge is 0.207 e. The van der Waals surface area contributed by atoms with E-state index >= 15 is 0 Å². The van der Waals surface area contributed by atoms with Crippen molar-refractivity contribution in [1.29, 1.82) is 0 Å². The summed E-state index contributed by atoms with van der Waals surface area (Å²) in [5, 5.41) is 3.21. The van der Waals surface area contributed by atoms with Gasteiger partial charge in [-0.15, -0.1) is 0 Å². The molecule has 0 unspecified atom stereocenters. The van der Waals surface area contributed by atoms with Crippen molar-refractivity contribution in [2.45, 2.75) is 19.8 Å². The maximum absolute atomic E-state index is 13.9. The molecule has 18 heavy (non-hydrogen) atoms. The molecule has 3 nitrogen and oxygen atoms in total. The molecule has 0 aliphatic heterocycles. The zero-order valence-electron chi connectivity index (χ0n) is 10.2. The van der Waals surface area contributed by atoms with Gasteiger partial charge in [0, 0.05) is 23.4 Å². The van der Waals surface area contributed by atoms with Crippen LogP contribution in [0.4, 0.5) is 10.3 Å². The molecule has 0 atom stereocenters. The Hall–Kier alpha value is -1.36. The normalized spacial score (nSPS) is 10.6. The average Bonchev–Trinajstić information content (AvgIpc) is 2.78. The lowest BCUT2D eigenvalue weighted by molar-refractivity contribution is 0.617. The zero-order chi connectivity index (χ0) is 13.0. The molecule has 1 N–H and O–H groups in total. The van der Waals surface area contributed by atoms with E-state index in [4.69, 9.17) is 0 Å². The highest BCUT2D eigenvalue weighted by molar-refractivity contribution is 9.10. The summed E-state index contributed by atoms with van der Waals surface area (Å²) in [6.45, 7) is 2.97. The van der Waals surface area contributed by atoms with Gasteiger partial charge in [0.15, 0.2) is 0 Å². The van der Waals surface area contributed by atoms with Gasteiger partial charge in [-0.25, -0.2) is 9.37 Å². The summed E-state index contributed by atoms with van der Waals surface area (Å²) in [6.07, 6.45) is 5.59. The van der Waals surface area contributed by atoms with E-state index in [1.807, 2.05) is 6.07 Å². The Bertz CT molecular complexity index is 525. The minimum Gasteiger partial charge on any atom is -0.355 e. The topological polar surface area (TPSA) is 29.9 Å². The minimum atomic E-state index is -0.277. The summed E-state index contributed by atoms with van der Waals surface area (Å²) in [4.78, 5) is 4.20. The van der Waals surface area contributed by atoms with Gasteiger partial charge in [-0.05, 0) is 24.6 Å². The number of imidazole rings is 1. The van der Waals surface area contributed by atoms with Crippen molar-refractivity contribution < 1.29 is 4.39 Å². The molecule has 2 rings (SSSR count). The molecule has 1 heterocycles. The molecular formula is C13H15BrFN3. The molecule has 0 saturated heterocycles. The molecule has 1 aromatic heterocycles. The van der Waals surface area contributed by atoms with Crippen LogP contribution in [0.3, 0.4) is 0 Å². The van der Waals surface area contributed by atoms with Crippen molar-refractivity contribution >= 4 is 21.9 Å². The first-order chi connectivity index (χ1) is 8.72. The Labute approximate surface area is 114 Å². The first kappa shape index (κ1) is 13.1. The summed E-state index contributed by atoms with van der Waals surface area (Å²) < 4.78 is 16.3. The predicted molar refractivity (Wildman–Crippen MR) is 74.6 cm³/mol. The van der Waals surface area contributed by atoms with E-state index in [-0.39, 0.29) is 5.82 Å².